The van der Waals surface area contributed by atoms with Crippen molar-refractivity contribution >= 4 is 22.0 Å². The predicted molar refractivity (Wildman–Crippen MR) is 54.6 cm³/mol. The van der Waals surface area contributed by atoms with E-state index < -0.39 is 22.1 Å². The van der Waals surface area contributed by atoms with Crippen molar-refractivity contribution in [2.45, 2.75) is 5.51 Å². The molecule has 1 aromatic carbocycles. The summed E-state index contributed by atoms with van der Waals surface area (Å²) >= 11 is -3.68. The molecule has 2 rings (SSSR count). The first-order valence-corrected chi connectivity index (χ1v) is 5.49. The van der Waals surface area contributed by atoms with Gasteiger partial charge in [-0.05, 0) is 22.2 Å². The second-order valence-electron chi connectivity index (χ2n) is 3.04. The van der Waals surface area contributed by atoms with E-state index in [9.17, 15) is 22.2 Å². The van der Waals surface area contributed by atoms with E-state index in [1.54, 1.807) is 6.07 Å². The lowest BCUT2D eigenvalue weighted by molar-refractivity contribution is -0.0489. The van der Waals surface area contributed by atoms with Crippen molar-refractivity contribution in [1.82, 2.24) is 15.2 Å². The zero-order valence-corrected chi connectivity index (χ0v) is 9.23. The number of aromatic nitrogens is 3. The highest BCUT2D eigenvalue weighted by atomic mass is 32.2. The summed E-state index contributed by atoms with van der Waals surface area (Å²) in [6.45, 7) is 0. The number of hydrogen-bond acceptors (Lipinski definition) is 5. The molecule has 96 valence electrons. The smallest absolute Gasteiger partial charge is 0.279 e. The van der Waals surface area contributed by atoms with Crippen molar-refractivity contribution in [3.8, 4) is 0 Å². The van der Waals surface area contributed by atoms with Crippen LogP contribution in [-0.4, -0.2) is 24.9 Å². The van der Waals surface area contributed by atoms with Gasteiger partial charge in [-0.3, -0.25) is 9.08 Å². The van der Waals surface area contributed by atoms with E-state index in [0.717, 1.165) is 0 Å². The normalized spacial score (nSPS) is 13.5. The summed E-state index contributed by atoms with van der Waals surface area (Å²) in [7, 11) is 0. The largest absolute Gasteiger partial charge is 0.510 e. The fourth-order valence-corrected chi connectivity index (χ4v) is 1.44. The molecule has 0 fully saturated rings. The van der Waals surface area contributed by atoms with E-state index in [1.807, 2.05) is 0 Å². The van der Waals surface area contributed by atoms with E-state index in [4.69, 9.17) is 0 Å². The molecule has 18 heavy (non-hydrogen) atoms. The Hall–Kier alpha value is -1.97. The fourth-order valence-electron chi connectivity index (χ4n) is 1.13. The molecule has 1 aromatic heterocycles. The third-order valence-corrected chi connectivity index (χ3v) is 2.52. The van der Waals surface area contributed by atoms with Crippen molar-refractivity contribution in [3.05, 3.63) is 34.6 Å². The minimum atomic E-state index is -5.10. The summed E-state index contributed by atoms with van der Waals surface area (Å²) in [5.41, 5.74) is -5.88. The molecular formula is C8H4F3N3O3S. The minimum absolute atomic E-state index is 0.00618. The predicted octanol–water partition coefficient (Wildman–Crippen LogP) is 0.404. The Labute approximate surface area is 99.6 Å². The second kappa shape index (κ2) is 4.37. The topological polar surface area (TPSA) is 74.1 Å². The molecule has 1 unspecified atom stereocenters. The van der Waals surface area contributed by atoms with Crippen molar-refractivity contribution in [2.75, 3.05) is 0 Å². The van der Waals surface area contributed by atoms with Gasteiger partial charge in [-0.25, -0.2) is 4.21 Å². The van der Waals surface area contributed by atoms with Gasteiger partial charge in [0, 0.05) is 0 Å². The van der Waals surface area contributed by atoms with Crippen molar-refractivity contribution in [1.29, 1.82) is 0 Å². The van der Waals surface area contributed by atoms with Gasteiger partial charge in [0.1, 0.15) is 5.52 Å². The number of nitrogens with zero attached hydrogens (tertiary/aromatic N) is 3. The molecule has 0 N–H and O–H groups in total. The lowest BCUT2D eigenvalue weighted by atomic mass is 10.2. The van der Waals surface area contributed by atoms with Crippen LogP contribution < -0.4 is 9.84 Å². The van der Waals surface area contributed by atoms with Crippen LogP contribution in [0.25, 0.3) is 10.9 Å². The van der Waals surface area contributed by atoms with Crippen LogP contribution in [0.2, 0.25) is 0 Å². The molecule has 0 aliphatic carbocycles. The highest BCUT2D eigenvalue weighted by Gasteiger charge is 2.41. The quantitative estimate of drug-likeness (QED) is 0.795. The van der Waals surface area contributed by atoms with Crippen LogP contribution >= 0.6 is 0 Å². The molecule has 0 saturated carbocycles. The molecule has 0 bridgehead atoms. The van der Waals surface area contributed by atoms with Gasteiger partial charge in [0.25, 0.3) is 0 Å². The third-order valence-electron chi connectivity index (χ3n) is 1.87. The zero-order valence-electron chi connectivity index (χ0n) is 8.42. The molecule has 1 heterocycles. The molecular weight excluding hydrogens is 275 g/mol. The van der Waals surface area contributed by atoms with E-state index >= 15 is 0 Å². The lowest BCUT2D eigenvalue weighted by Crippen LogP contribution is -2.36. The van der Waals surface area contributed by atoms with Crippen LogP contribution in [0.1, 0.15) is 0 Å². The van der Waals surface area contributed by atoms with E-state index in [1.165, 1.54) is 18.2 Å². The summed E-state index contributed by atoms with van der Waals surface area (Å²) in [6.07, 6.45) is 0. The van der Waals surface area contributed by atoms with Gasteiger partial charge in [-0.15, -0.1) is 5.10 Å². The van der Waals surface area contributed by atoms with Gasteiger partial charge in [0.05, 0.1) is 5.39 Å². The number of halogens is 3. The maximum Gasteiger partial charge on any atom is 0.510 e. The first-order valence-electron chi connectivity index (χ1n) is 4.42. The molecule has 1 atom stereocenters. The standard InChI is InChI=1S/C8H4F3N3O3S/c9-8(10,11)18(16)17-14-7(15)5-3-1-2-4-6(5)12-13-14/h1-4H. The molecule has 0 spiro atoms. The van der Waals surface area contributed by atoms with Crippen LogP contribution in [0.15, 0.2) is 29.1 Å². The SMILES string of the molecule is O=c1c2ccccc2nnn1OS(=O)C(F)(F)F. The van der Waals surface area contributed by atoms with Crippen LogP contribution in [-0.2, 0) is 11.1 Å². The molecule has 6 nitrogen and oxygen atoms in total. The van der Waals surface area contributed by atoms with E-state index in [2.05, 4.69) is 14.6 Å². The van der Waals surface area contributed by atoms with Crippen LogP contribution in [0.5, 0.6) is 0 Å². The minimum Gasteiger partial charge on any atom is -0.279 e. The first-order chi connectivity index (χ1) is 8.39. The summed E-state index contributed by atoms with van der Waals surface area (Å²) in [5, 5.41) is 6.57. The third kappa shape index (κ3) is 2.32. The van der Waals surface area contributed by atoms with Gasteiger partial charge in [0.2, 0.25) is 0 Å². The Kier molecular flexibility index (Phi) is 3.03. The molecule has 10 heteroatoms. The van der Waals surface area contributed by atoms with Crippen LogP contribution in [0, 0.1) is 0 Å². The Balaban J connectivity index is 2.45. The van der Waals surface area contributed by atoms with Gasteiger partial charge in [0.15, 0.2) is 0 Å². The van der Waals surface area contributed by atoms with Gasteiger partial charge >= 0.3 is 22.1 Å². The summed E-state index contributed by atoms with van der Waals surface area (Å²) in [5.74, 6) is 0. The molecule has 0 amide bonds. The maximum atomic E-state index is 12.0. The van der Waals surface area contributed by atoms with E-state index in [-0.39, 0.29) is 15.7 Å². The number of fused-ring (bicyclic) bond motifs is 1. The molecule has 0 aliphatic heterocycles. The monoisotopic (exact) mass is 279 g/mol. The molecule has 0 aliphatic rings. The Morgan fingerprint density at radius 2 is 1.94 bits per heavy atom. The summed E-state index contributed by atoms with van der Waals surface area (Å²) < 4.78 is 50.5. The Morgan fingerprint density at radius 3 is 2.61 bits per heavy atom. The molecule has 0 saturated heterocycles. The highest BCUT2D eigenvalue weighted by Crippen LogP contribution is 2.18. The number of hydrogen-bond donors (Lipinski definition) is 0. The Bertz CT molecular complexity index is 670. The Morgan fingerprint density at radius 1 is 1.28 bits per heavy atom. The number of benzene rings is 1. The summed E-state index contributed by atoms with van der Waals surface area (Å²) in [4.78, 5) is 11.6. The molecule has 0 radical (unpaired) electrons. The first kappa shape index (κ1) is 12.5. The highest BCUT2D eigenvalue weighted by molar-refractivity contribution is 7.81. The number of alkyl halides is 3. The van der Waals surface area contributed by atoms with E-state index in [0.29, 0.717) is 0 Å². The van der Waals surface area contributed by atoms with Gasteiger partial charge in [-0.1, -0.05) is 12.1 Å². The zero-order chi connectivity index (χ0) is 13.3. The van der Waals surface area contributed by atoms with Gasteiger partial charge in [-0.2, -0.15) is 13.2 Å². The van der Waals surface area contributed by atoms with Crippen molar-refractivity contribution in [2.24, 2.45) is 0 Å². The number of rotatable bonds is 2. The van der Waals surface area contributed by atoms with Crippen LogP contribution in [0.4, 0.5) is 13.2 Å². The average molecular weight is 279 g/mol. The maximum absolute atomic E-state index is 12.0. The van der Waals surface area contributed by atoms with Crippen LogP contribution in [0.3, 0.4) is 0 Å². The fraction of sp³-hybridized carbons (Fsp3) is 0.125. The summed E-state index contributed by atoms with van der Waals surface area (Å²) in [6, 6.07) is 5.86. The average Bonchev–Trinajstić information content (AvgIpc) is 2.32. The lowest BCUT2D eigenvalue weighted by Gasteiger charge is -2.06. The second-order valence-corrected chi connectivity index (χ2v) is 4.12. The van der Waals surface area contributed by atoms with Crippen molar-refractivity contribution in [3.63, 3.8) is 0 Å². The van der Waals surface area contributed by atoms with Gasteiger partial charge < -0.3 is 0 Å². The van der Waals surface area contributed by atoms with Crippen molar-refractivity contribution < 1.29 is 21.7 Å². The molecule has 2 aromatic rings.